The van der Waals surface area contributed by atoms with Gasteiger partial charge in [0.05, 0.1) is 5.54 Å². The van der Waals surface area contributed by atoms with Crippen LogP contribution in [-0.4, -0.2) is 43.0 Å². The first kappa shape index (κ1) is 16.4. The molecule has 3 N–H and O–H groups in total. The topological polar surface area (TPSA) is 58.4 Å². The minimum atomic E-state index is -0.555. The Bertz CT molecular complexity index is 275. The van der Waals surface area contributed by atoms with Crippen molar-refractivity contribution in [3.63, 3.8) is 0 Å². The molecule has 19 heavy (non-hydrogen) atoms. The van der Waals surface area contributed by atoms with Crippen LogP contribution < -0.4 is 11.1 Å². The Kier molecular flexibility index (Phi) is 6.80. The summed E-state index contributed by atoms with van der Waals surface area (Å²) in [6.45, 7) is 7.69. The molecule has 0 aromatic carbocycles. The molecule has 1 aliphatic heterocycles. The van der Waals surface area contributed by atoms with Gasteiger partial charge in [-0.2, -0.15) is 0 Å². The summed E-state index contributed by atoms with van der Waals surface area (Å²) in [5.41, 5.74) is 4.88. The van der Waals surface area contributed by atoms with Crippen molar-refractivity contribution in [2.75, 3.05) is 26.7 Å². The third-order valence-corrected chi connectivity index (χ3v) is 4.65. The van der Waals surface area contributed by atoms with Crippen LogP contribution in [0.3, 0.4) is 0 Å². The van der Waals surface area contributed by atoms with Gasteiger partial charge in [0.15, 0.2) is 0 Å². The lowest BCUT2D eigenvalue weighted by molar-refractivity contribution is -0.123. The van der Waals surface area contributed by atoms with E-state index in [0.29, 0.717) is 0 Å². The molecule has 1 heterocycles. The van der Waals surface area contributed by atoms with Gasteiger partial charge in [-0.15, -0.1) is 0 Å². The summed E-state index contributed by atoms with van der Waals surface area (Å²) in [6.07, 6.45) is 7.21. The smallest absolute Gasteiger partial charge is 0.237 e. The lowest BCUT2D eigenvalue weighted by Gasteiger charge is -2.33. The van der Waals surface area contributed by atoms with Crippen LogP contribution >= 0.6 is 0 Å². The summed E-state index contributed by atoms with van der Waals surface area (Å²) in [4.78, 5) is 13.9. The number of nitrogens with zero attached hydrogens (tertiary/aromatic N) is 1. The fourth-order valence-electron chi connectivity index (χ4n) is 2.93. The quantitative estimate of drug-likeness (QED) is 0.706. The van der Waals surface area contributed by atoms with Gasteiger partial charge < -0.3 is 16.0 Å². The van der Waals surface area contributed by atoms with Crippen molar-refractivity contribution in [1.82, 2.24) is 10.2 Å². The number of likely N-dealkylation sites (N-methyl/N-ethyl adjacent to an activating group) is 1. The number of primary amides is 1. The van der Waals surface area contributed by atoms with Crippen LogP contribution in [0.4, 0.5) is 0 Å². The molecule has 1 fully saturated rings. The number of piperidine rings is 1. The maximum Gasteiger partial charge on any atom is 0.237 e. The summed E-state index contributed by atoms with van der Waals surface area (Å²) >= 11 is 0. The summed E-state index contributed by atoms with van der Waals surface area (Å²) in [5.74, 6) is 0.686. The number of amides is 1. The van der Waals surface area contributed by atoms with Gasteiger partial charge in [0.25, 0.3) is 0 Å². The zero-order valence-electron chi connectivity index (χ0n) is 12.9. The van der Waals surface area contributed by atoms with Crippen LogP contribution in [0.15, 0.2) is 0 Å². The molecular formula is C15H31N3O. The van der Waals surface area contributed by atoms with Crippen molar-refractivity contribution in [3.05, 3.63) is 0 Å². The van der Waals surface area contributed by atoms with Crippen LogP contribution in [0, 0.1) is 5.92 Å². The van der Waals surface area contributed by atoms with Crippen molar-refractivity contribution in [1.29, 1.82) is 0 Å². The fraction of sp³-hybridized carbons (Fsp3) is 0.933. The molecule has 1 unspecified atom stereocenters. The zero-order valence-corrected chi connectivity index (χ0v) is 12.9. The van der Waals surface area contributed by atoms with E-state index in [0.717, 1.165) is 25.3 Å². The van der Waals surface area contributed by atoms with Crippen LogP contribution in [0.1, 0.15) is 52.4 Å². The maximum atomic E-state index is 11.4. The lowest BCUT2D eigenvalue weighted by atomic mass is 9.91. The minimum absolute atomic E-state index is 0.253. The van der Waals surface area contributed by atoms with Gasteiger partial charge >= 0.3 is 0 Å². The fourth-order valence-corrected chi connectivity index (χ4v) is 2.93. The molecule has 1 atom stereocenters. The molecule has 0 aromatic rings. The predicted octanol–water partition coefficient (Wildman–Crippen LogP) is 1.74. The van der Waals surface area contributed by atoms with E-state index in [1.807, 2.05) is 6.92 Å². The third-order valence-electron chi connectivity index (χ3n) is 4.65. The number of nitrogens with two attached hydrogens (primary N) is 1. The second-order valence-corrected chi connectivity index (χ2v) is 6.12. The van der Waals surface area contributed by atoms with Crippen LogP contribution in [0.25, 0.3) is 0 Å². The molecule has 1 rings (SSSR count). The standard InChI is InChI=1S/C15H31N3O/c1-4-6-13-7-11-18(12-8-13)10-5-9-15(2,17-3)14(16)19/h13,17H,4-12H2,1-3H3,(H2,16,19). The Hall–Kier alpha value is -0.610. The number of nitrogens with one attached hydrogen (secondary N) is 1. The largest absolute Gasteiger partial charge is 0.368 e. The van der Waals surface area contributed by atoms with Crippen molar-refractivity contribution in [2.45, 2.75) is 57.9 Å². The van der Waals surface area contributed by atoms with Gasteiger partial charge in [0, 0.05) is 0 Å². The molecule has 0 radical (unpaired) electrons. The highest BCUT2D eigenvalue weighted by Crippen LogP contribution is 2.22. The van der Waals surface area contributed by atoms with Crippen molar-refractivity contribution >= 4 is 5.91 Å². The molecule has 112 valence electrons. The second-order valence-electron chi connectivity index (χ2n) is 6.12. The molecule has 0 saturated carbocycles. The van der Waals surface area contributed by atoms with Gasteiger partial charge in [-0.1, -0.05) is 19.8 Å². The van der Waals surface area contributed by atoms with E-state index in [1.165, 1.54) is 38.8 Å². The summed E-state index contributed by atoms with van der Waals surface area (Å²) in [6, 6.07) is 0. The summed E-state index contributed by atoms with van der Waals surface area (Å²) in [5, 5.41) is 3.05. The normalized spacial score (nSPS) is 21.2. The monoisotopic (exact) mass is 269 g/mol. The molecule has 4 heteroatoms. The molecule has 0 aromatic heterocycles. The molecule has 0 spiro atoms. The number of carbonyl (C=O) groups excluding carboxylic acids is 1. The highest BCUT2D eigenvalue weighted by atomic mass is 16.1. The molecular weight excluding hydrogens is 238 g/mol. The van der Waals surface area contributed by atoms with Gasteiger partial charge in [0.1, 0.15) is 0 Å². The second kappa shape index (κ2) is 7.85. The van der Waals surface area contributed by atoms with Crippen LogP contribution in [0.5, 0.6) is 0 Å². The number of carbonyl (C=O) groups is 1. The maximum absolute atomic E-state index is 11.4. The first-order chi connectivity index (χ1) is 9.01. The van der Waals surface area contributed by atoms with E-state index >= 15 is 0 Å². The number of hydrogen-bond donors (Lipinski definition) is 2. The van der Waals surface area contributed by atoms with E-state index in [-0.39, 0.29) is 5.91 Å². The van der Waals surface area contributed by atoms with E-state index < -0.39 is 5.54 Å². The zero-order chi connectivity index (χ0) is 14.3. The van der Waals surface area contributed by atoms with Crippen LogP contribution in [-0.2, 0) is 4.79 Å². The van der Waals surface area contributed by atoms with Crippen molar-refractivity contribution < 1.29 is 4.79 Å². The predicted molar refractivity (Wildman–Crippen MR) is 80.0 cm³/mol. The lowest BCUT2D eigenvalue weighted by Crippen LogP contribution is -2.51. The molecule has 0 aliphatic carbocycles. The van der Waals surface area contributed by atoms with Crippen molar-refractivity contribution in [3.8, 4) is 0 Å². The van der Waals surface area contributed by atoms with Crippen LogP contribution in [0.2, 0.25) is 0 Å². The highest BCUT2D eigenvalue weighted by molar-refractivity contribution is 5.84. The van der Waals surface area contributed by atoms with Crippen molar-refractivity contribution in [2.24, 2.45) is 11.7 Å². The van der Waals surface area contributed by atoms with E-state index in [9.17, 15) is 4.79 Å². The summed E-state index contributed by atoms with van der Waals surface area (Å²) < 4.78 is 0. The van der Waals surface area contributed by atoms with Gasteiger partial charge in [-0.3, -0.25) is 4.79 Å². The number of rotatable bonds is 8. The van der Waals surface area contributed by atoms with Gasteiger partial charge in [-0.05, 0) is 65.2 Å². The first-order valence-corrected chi connectivity index (χ1v) is 7.73. The molecule has 0 bridgehead atoms. The Balaban J connectivity index is 2.22. The van der Waals surface area contributed by atoms with E-state index in [2.05, 4.69) is 17.1 Å². The first-order valence-electron chi connectivity index (χ1n) is 7.73. The average molecular weight is 269 g/mol. The summed E-state index contributed by atoms with van der Waals surface area (Å²) in [7, 11) is 1.81. The molecule has 1 saturated heterocycles. The molecule has 4 nitrogen and oxygen atoms in total. The number of likely N-dealkylation sites (tertiary alicyclic amines) is 1. The third kappa shape index (κ3) is 5.11. The van der Waals surface area contributed by atoms with E-state index in [4.69, 9.17) is 5.73 Å². The number of hydrogen-bond acceptors (Lipinski definition) is 3. The van der Waals surface area contributed by atoms with Gasteiger partial charge in [0.2, 0.25) is 5.91 Å². The minimum Gasteiger partial charge on any atom is -0.368 e. The molecule has 1 amide bonds. The average Bonchev–Trinajstić information content (AvgIpc) is 2.40. The Morgan fingerprint density at radius 3 is 2.53 bits per heavy atom. The Morgan fingerprint density at radius 1 is 1.42 bits per heavy atom. The Labute approximate surface area is 118 Å². The highest BCUT2D eigenvalue weighted by Gasteiger charge is 2.28. The molecule has 1 aliphatic rings. The van der Waals surface area contributed by atoms with Gasteiger partial charge in [-0.25, -0.2) is 0 Å². The Morgan fingerprint density at radius 2 is 2.05 bits per heavy atom. The van der Waals surface area contributed by atoms with E-state index in [1.54, 1.807) is 7.05 Å². The SMILES string of the molecule is CCCC1CCN(CCCC(C)(NC)C(N)=O)CC1.